The molecule has 2 aromatic heterocycles. The molecule has 0 saturated heterocycles. The lowest BCUT2D eigenvalue weighted by Crippen LogP contribution is -2.43. The highest BCUT2D eigenvalue weighted by atomic mass is 35.5. The largest absolute Gasteiger partial charge is 0.494 e. The molecule has 1 amide bonds. The summed E-state index contributed by atoms with van der Waals surface area (Å²) in [6.07, 6.45) is -2.39. The lowest BCUT2D eigenvalue weighted by molar-refractivity contribution is -0.189. The van der Waals surface area contributed by atoms with Gasteiger partial charge in [-0.1, -0.05) is 11.6 Å². The number of benzene rings is 1. The summed E-state index contributed by atoms with van der Waals surface area (Å²) < 4.78 is 38.6. The Kier molecular flexibility index (Phi) is 3.52. The number of methoxy groups -OCH3 is 1. The molecule has 0 saturated carbocycles. The number of hydrogen-bond acceptors (Lipinski definition) is 5. The minimum Gasteiger partial charge on any atom is -0.494 e. The number of aromatic nitrogens is 3. The Morgan fingerprint density at radius 2 is 2.12 bits per heavy atom. The van der Waals surface area contributed by atoms with Crippen LogP contribution < -0.4 is 14.8 Å². The van der Waals surface area contributed by atoms with Crippen molar-refractivity contribution in [3.8, 4) is 17.2 Å². The summed E-state index contributed by atoms with van der Waals surface area (Å²) >= 11 is 5.98. The Hall–Kier alpha value is -2.94. The summed E-state index contributed by atoms with van der Waals surface area (Å²) in [5, 5.41) is 7.52. The van der Waals surface area contributed by atoms with Gasteiger partial charge in [0.1, 0.15) is 16.6 Å². The number of halogens is 3. The van der Waals surface area contributed by atoms with Crippen LogP contribution >= 0.6 is 11.6 Å². The molecular formula is C16H11ClF2N4O3. The molecule has 0 radical (unpaired) electrons. The van der Waals surface area contributed by atoms with Crippen molar-refractivity contribution in [1.29, 1.82) is 0 Å². The number of aryl methyl sites for hydroxylation is 1. The molecule has 10 heteroatoms. The third-order valence-electron chi connectivity index (χ3n) is 3.98. The van der Waals surface area contributed by atoms with E-state index in [0.29, 0.717) is 22.6 Å². The Balaban J connectivity index is 1.96. The number of hydrogen-bond donors (Lipinski definition) is 1. The van der Waals surface area contributed by atoms with Crippen LogP contribution in [-0.2, 0) is 4.79 Å². The number of ether oxygens (including phenoxy) is 2. The fourth-order valence-corrected chi connectivity index (χ4v) is 2.91. The lowest BCUT2D eigenvalue weighted by atomic mass is 10.2. The second-order valence-corrected chi connectivity index (χ2v) is 6.00. The minimum absolute atomic E-state index is 0.0782. The molecule has 0 atom stereocenters. The van der Waals surface area contributed by atoms with Gasteiger partial charge in [0.05, 0.1) is 24.0 Å². The number of alkyl halides is 2. The molecule has 0 spiro atoms. The van der Waals surface area contributed by atoms with E-state index in [9.17, 15) is 13.6 Å². The van der Waals surface area contributed by atoms with Crippen LogP contribution in [0.5, 0.6) is 11.5 Å². The molecule has 0 bridgehead atoms. The second kappa shape index (κ2) is 5.53. The zero-order chi connectivity index (χ0) is 18.6. The molecule has 1 aliphatic rings. The number of amides is 1. The summed E-state index contributed by atoms with van der Waals surface area (Å²) in [5.74, 6) is -1.44. The van der Waals surface area contributed by atoms with Gasteiger partial charge in [0.15, 0.2) is 5.75 Å². The van der Waals surface area contributed by atoms with Crippen LogP contribution in [0.25, 0.3) is 16.6 Å². The Labute approximate surface area is 150 Å². The minimum atomic E-state index is -3.96. The highest BCUT2D eigenvalue weighted by molar-refractivity contribution is 6.30. The first-order chi connectivity index (χ1) is 12.3. The second-order valence-electron chi connectivity index (χ2n) is 5.61. The maximum absolute atomic E-state index is 13.6. The van der Waals surface area contributed by atoms with Crippen LogP contribution in [0, 0.1) is 6.92 Å². The fourth-order valence-electron chi connectivity index (χ4n) is 2.76. The van der Waals surface area contributed by atoms with E-state index < -0.39 is 12.0 Å². The van der Waals surface area contributed by atoms with Crippen molar-refractivity contribution >= 4 is 34.1 Å². The van der Waals surface area contributed by atoms with Gasteiger partial charge in [0.2, 0.25) is 0 Å². The maximum Gasteiger partial charge on any atom is 0.482 e. The Morgan fingerprint density at radius 3 is 2.85 bits per heavy atom. The van der Waals surface area contributed by atoms with E-state index in [2.05, 4.69) is 20.1 Å². The molecule has 1 N–H and O–H groups in total. The number of nitrogens with zero attached hydrogens (tertiary/aromatic N) is 3. The van der Waals surface area contributed by atoms with Crippen molar-refractivity contribution in [2.75, 3.05) is 12.4 Å². The molecular weight excluding hydrogens is 370 g/mol. The van der Waals surface area contributed by atoms with Crippen LogP contribution in [0.4, 0.5) is 14.5 Å². The molecule has 0 aliphatic carbocycles. The summed E-state index contributed by atoms with van der Waals surface area (Å²) in [6.45, 7) is 1.78. The number of nitrogens with one attached hydrogen (secondary N) is 1. The average molecular weight is 381 g/mol. The van der Waals surface area contributed by atoms with Crippen LogP contribution in [0.3, 0.4) is 0 Å². The highest BCUT2D eigenvalue weighted by Gasteiger charge is 2.46. The van der Waals surface area contributed by atoms with E-state index in [-0.39, 0.29) is 16.6 Å². The summed E-state index contributed by atoms with van der Waals surface area (Å²) in [7, 11) is 1.42. The first kappa shape index (κ1) is 16.5. The van der Waals surface area contributed by atoms with Crippen molar-refractivity contribution in [2.45, 2.75) is 13.0 Å². The van der Waals surface area contributed by atoms with Crippen LogP contribution in [-0.4, -0.2) is 33.9 Å². The maximum atomic E-state index is 13.6. The monoisotopic (exact) mass is 380 g/mol. The van der Waals surface area contributed by atoms with Gasteiger partial charge in [-0.3, -0.25) is 4.79 Å². The molecule has 134 valence electrons. The van der Waals surface area contributed by atoms with Crippen molar-refractivity contribution in [2.24, 2.45) is 0 Å². The van der Waals surface area contributed by atoms with E-state index in [4.69, 9.17) is 16.3 Å². The molecule has 4 rings (SSSR count). The van der Waals surface area contributed by atoms with Gasteiger partial charge in [0, 0.05) is 29.8 Å². The quantitative estimate of drug-likeness (QED) is 0.690. The molecule has 3 heterocycles. The zero-order valence-corrected chi connectivity index (χ0v) is 14.3. The molecule has 7 nitrogen and oxygen atoms in total. The van der Waals surface area contributed by atoms with Crippen molar-refractivity contribution in [3.63, 3.8) is 0 Å². The third kappa shape index (κ3) is 2.43. The summed E-state index contributed by atoms with van der Waals surface area (Å²) in [5.41, 5.74) is 1.71. The van der Waals surface area contributed by atoms with Crippen molar-refractivity contribution in [1.82, 2.24) is 14.8 Å². The molecule has 0 unspecified atom stereocenters. The smallest absolute Gasteiger partial charge is 0.482 e. The molecule has 1 aliphatic heterocycles. The molecule has 0 fully saturated rings. The Bertz CT molecular complexity index is 1070. The van der Waals surface area contributed by atoms with E-state index in [1.165, 1.54) is 23.9 Å². The van der Waals surface area contributed by atoms with E-state index in [1.807, 2.05) is 0 Å². The van der Waals surface area contributed by atoms with Gasteiger partial charge in [-0.15, -0.1) is 0 Å². The normalized spacial score (nSPS) is 15.3. The van der Waals surface area contributed by atoms with E-state index in [0.717, 1.165) is 5.39 Å². The van der Waals surface area contributed by atoms with E-state index >= 15 is 0 Å². The van der Waals surface area contributed by atoms with Crippen molar-refractivity contribution in [3.05, 3.63) is 35.2 Å². The highest BCUT2D eigenvalue weighted by Crippen LogP contribution is 2.41. The Morgan fingerprint density at radius 1 is 1.35 bits per heavy atom. The summed E-state index contributed by atoms with van der Waals surface area (Å²) in [6, 6.07) is 4.32. The van der Waals surface area contributed by atoms with E-state index in [1.54, 1.807) is 19.2 Å². The number of fused-ring (bicyclic) bond motifs is 2. The van der Waals surface area contributed by atoms with Gasteiger partial charge in [0.25, 0.3) is 0 Å². The number of anilines is 1. The molecule has 3 aromatic rings. The van der Waals surface area contributed by atoms with Gasteiger partial charge in [-0.05, 0) is 6.92 Å². The topological polar surface area (TPSA) is 78.3 Å². The van der Waals surface area contributed by atoms with Crippen LogP contribution in [0.2, 0.25) is 5.15 Å². The first-order valence-electron chi connectivity index (χ1n) is 7.42. The van der Waals surface area contributed by atoms with Gasteiger partial charge in [-0.2, -0.15) is 13.9 Å². The number of carbonyl (C=O) groups excluding carboxylic acids is 1. The van der Waals surface area contributed by atoms with Gasteiger partial charge < -0.3 is 14.8 Å². The zero-order valence-electron chi connectivity index (χ0n) is 13.5. The predicted molar refractivity (Wildman–Crippen MR) is 89.4 cm³/mol. The standard InChI is InChI=1S/C16H11ClF2N4O3/c1-7-8-6-20-14(17)5-10(8)23(22-7)11-4-12-9(3-13(11)25-2)21-15(24)16(18,19)26-12/h3-6H,1-2H3,(H,21,24). The van der Waals surface area contributed by atoms with Gasteiger partial charge in [-0.25, -0.2) is 9.67 Å². The number of rotatable bonds is 2. The fraction of sp³-hybridized carbons (Fsp3) is 0.188. The number of pyridine rings is 1. The third-order valence-corrected chi connectivity index (χ3v) is 4.18. The van der Waals surface area contributed by atoms with Crippen molar-refractivity contribution < 1.29 is 23.0 Å². The molecule has 26 heavy (non-hydrogen) atoms. The van der Waals surface area contributed by atoms with Gasteiger partial charge >= 0.3 is 12.0 Å². The van der Waals surface area contributed by atoms with Crippen LogP contribution in [0.1, 0.15) is 5.69 Å². The lowest BCUT2D eigenvalue weighted by Gasteiger charge is -2.26. The molecule has 1 aromatic carbocycles. The SMILES string of the molecule is COc1cc2c(cc1-n1nc(C)c3cnc(Cl)cc31)OC(F)(F)C(=O)N2. The summed E-state index contributed by atoms with van der Waals surface area (Å²) in [4.78, 5) is 15.4. The van der Waals surface area contributed by atoms with Crippen LogP contribution in [0.15, 0.2) is 24.4 Å². The predicted octanol–water partition coefficient (Wildman–Crippen LogP) is 3.31. The first-order valence-corrected chi connectivity index (χ1v) is 7.79. The average Bonchev–Trinajstić information content (AvgIpc) is 2.90. The number of carbonyl (C=O) groups is 1.